The molecule has 1 fully saturated rings. The molecule has 1 aliphatic rings. The molecule has 5 nitrogen and oxygen atoms in total. The average Bonchev–Trinajstić information content (AvgIpc) is 2.88. The van der Waals surface area contributed by atoms with E-state index in [4.69, 9.17) is 0 Å². The number of nitrogens with one attached hydrogen (secondary N) is 1. The molecule has 1 aromatic rings. The number of nitrogens with zero attached hydrogens (tertiary/aromatic N) is 2. The molecule has 1 amide bonds. The average molecular weight is 207 g/mol. The number of aromatic nitrogens is 2. The second kappa shape index (κ2) is 3.49. The molecule has 0 bridgehead atoms. The predicted octanol–water partition coefficient (Wildman–Crippen LogP) is 0.216. The molecule has 1 aromatic heterocycles. The Morgan fingerprint density at radius 3 is 2.80 bits per heavy atom. The van der Waals surface area contributed by atoms with Crippen molar-refractivity contribution in [1.82, 2.24) is 15.1 Å². The number of hydrogen-bond acceptors (Lipinski definition) is 3. The van der Waals surface area contributed by atoms with E-state index in [1.54, 1.807) is 6.07 Å². The van der Waals surface area contributed by atoms with Crippen LogP contribution in [0.2, 0.25) is 0 Å². The number of rotatable bonds is 4. The van der Waals surface area contributed by atoms with Crippen molar-refractivity contribution in [2.24, 2.45) is 0 Å². The maximum Gasteiger partial charge on any atom is 0.271 e. The third-order valence-electron chi connectivity index (χ3n) is 2.60. The minimum absolute atomic E-state index is 0.114. The predicted molar refractivity (Wildman–Crippen MR) is 54.1 cm³/mol. The van der Waals surface area contributed by atoms with E-state index in [0.717, 1.165) is 12.8 Å². The fourth-order valence-corrected chi connectivity index (χ4v) is 1.66. The molecule has 1 atom stereocenters. The summed E-state index contributed by atoms with van der Waals surface area (Å²) in [5.74, 6) is -0.114. The smallest absolute Gasteiger partial charge is 0.271 e. The Kier molecular flexibility index (Phi) is 2.30. The van der Waals surface area contributed by atoms with Gasteiger partial charge in [-0.25, -0.2) is 0 Å². The zero-order chi connectivity index (χ0) is 10.9. The Labute approximate surface area is 87.1 Å². The summed E-state index contributed by atoms with van der Waals surface area (Å²) in [7, 11) is 0. The van der Waals surface area contributed by atoms with Crippen LogP contribution in [0.1, 0.15) is 26.2 Å². The standard InChI is InChI=1S/C10H13N3O2/c1-2-3-6-10(9(15)12-10)13-8(14)5-4-7-11-13/h4-5,7H,2-3,6H2,1H3,(H,12,15). The van der Waals surface area contributed by atoms with Crippen LogP contribution in [0, 0.1) is 0 Å². The summed E-state index contributed by atoms with van der Waals surface area (Å²) < 4.78 is 1.24. The van der Waals surface area contributed by atoms with E-state index in [2.05, 4.69) is 10.4 Å². The highest BCUT2D eigenvalue weighted by atomic mass is 16.2. The van der Waals surface area contributed by atoms with Gasteiger partial charge in [-0.15, -0.1) is 0 Å². The number of carbonyl (C=O) groups excluding carboxylic acids is 1. The normalized spacial score (nSPS) is 23.7. The van der Waals surface area contributed by atoms with E-state index in [1.165, 1.54) is 16.9 Å². The molecule has 2 heterocycles. The van der Waals surface area contributed by atoms with E-state index in [9.17, 15) is 9.59 Å². The summed E-state index contributed by atoms with van der Waals surface area (Å²) in [5.41, 5.74) is -1.10. The van der Waals surface area contributed by atoms with Crippen LogP contribution in [0.3, 0.4) is 0 Å². The zero-order valence-electron chi connectivity index (χ0n) is 8.56. The molecule has 1 saturated heterocycles. The van der Waals surface area contributed by atoms with Crippen molar-refractivity contribution in [3.63, 3.8) is 0 Å². The summed E-state index contributed by atoms with van der Waals surface area (Å²) in [6.45, 7) is 2.04. The molecule has 15 heavy (non-hydrogen) atoms. The molecule has 1 N–H and O–H groups in total. The molecule has 0 aliphatic carbocycles. The van der Waals surface area contributed by atoms with Gasteiger partial charge in [-0.3, -0.25) is 9.59 Å². The third-order valence-corrected chi connectivity index (χ3v) is 2.60. The molecule has 80 valence electrons. The lowest BCUT2D eigenvalue weighted by Gasteiger charge is -2.11. The molecule has 0 aromatic carbocycles. The van der Waals surface area contributed by atoms with Crippen LogP contribution in [0.4, 0.5) is 0 Å². The third kappa shape index (κ3) is 1.54. The first-order chi connectivity index (χ1) is 7.20. The maximum atomic E-state index is 11.5. The van der Waals surface area contributed by atoms with Gasteiger partial charge in [0.1, 0.15) is 0 Å². The van der Waals surface area contributed by atoms with Crippen molar-refractivity contribution in [3.8, 4) is 0 Å². The van der Waals surface area contributed by atoms with Crippen LogP contribution in [-0.2, 0) is 10.5 Å². The van der Waals surface area contributed by atoms with Crippen LogP contribution in [-0.4, -0.2) is 15.7 Å². The van der Waals surface area contributed by atoms with E-state index in [-0.39, 0.29) is 11.5 Å². The maximum absolute atomic E-state index is 11.5. The largest absolute Gasteiger partial charge is 0.320 e. The summed E-state index contributed by atoms with van der Waals surface area (Å²) in [6.07, 6.45) is 4.02. The highest BCUT2D eigenvalue weighted by molar-refractivity contribution is 5.99. The van der Waals surface area contributed by atoms with E-state index >= 15 is 0 Å². The van der Waals surface area contributed by atoms with Gasteiger partial charge in [-0.1, -0.05) is 13.3 Å². The quantitative estimate of drug-likeness (QED) is 0.717. The number of unbranched alkanes of at least 4 members (excludes halogenated alkanes) is 1. The molecular formula is C10H13N3O2. The molecular weight excluding hydrogens is 194 g/mol. The van der Waals surface area contributed by atoms with Gasteiger partial charge in [0.05, 0.1) is 0 Å². The lowest BCUT2D eigenvalue weighted by molar-refractivity contribution is -0.113. The number of amides is 1. The van der Waals surface area contributed by atoms with Crippen molar-refractivity contribution in [3.05, 3.63) is 28.7 Å². The lowest BCUT2D eigenvalue weighted by Crippen LogP contribution is -2.35. The van der Waals surface area contributed by atoms with Gasteiger partial charge in [-0.05, 0) is 12.5 Å². The first-order valence-corrected chi connectivity index (χ1v) is 5.08. The van der Waals surface area contributed by atoms with Crippen LogP contribution < -0.4 is 10.9 Å². The first-order valence-electron chi connectivity index (χ1n) is 5.08. The highest BCUT2D eigenvalue weighted by Gasteiger charge is 2.56. The van der Waals surface area contributed by atoms with Crippen molar-refractivity contribution in [1.29, 1.82) is 0 Å². The number of carbonyl (C=O) groups is 1. The van der Waals surface area contributed by atoms with Crippen molar-refractivity contribution >= 4 is 5.91 Å². The lowest BCUT2D eigenvalue weighted by atomic mass is 10.1. The summed E-state index contributed by atoms with van der Waals surface area (Å²) in [6, 6.07) is 2.98. The fraction of sp³-hybridized carbons (Fsp3) is 0.500. The summed E-state index contributed by atoms with van der Waals surface area (Å²) in [4.78, 5) is 22.9. The Morgan fingerprint density at radius 1 is 1.53 bits per heavy atom. The van der Waals surface area contributed by atoms with Gasteiger partial charge in [-0.2, -0.15) is 9.78 Å². The van der Waals surface area contributed by atoms with E-state index in [1.807, 2.05) is 6.92 Å². The molecule has 0 spiro atoms. The van der Waals surface area contributed by atoms with Crippen molar-refractivity contribution in [2.45, 2.75) is 31.8 Å². The highest BCUT2D eigenvalue weighted by Crippen LogP contribution is 2.29. The second-order valence-electron chi connectivity index (χ2n) is 3.69. The minimum atomic E-state index is -0.853. The zero-order valence-corrected chi connectivity index (χ0v) is 8.56. The summed E-state index contributed by atoms with van der Waals surface area (Å²) in [5, 5.41) is 6.64. The van der Waals surface area contributed by atoms with Crippen molar-refractivity contribution in [2.75, 3.05) is 0 Å². The van der Waals surface area contributed by atoms with Crippen molar-refractivity contribution < 1.29 is 4.79 Å². The van der Waals surface area contributed by atoms with Gasteiger partial charge in [0, 0.05) is 18.7 Å². The van der Waals surface area contributed by atoms with Crippen LogP contribution in [0.15, 0.2) is 23.1 Å². The van der Waals surface area contributed by atoms with Gasteiger partial charge >= 0.3 is 0 Å². The Bertz CT molecular complexity index is 440. The first kappa shape index (κ1) is 9.89. The summed E-state index contributed by atoms with van der Waals surface area (Å²) >= 11 is 0. The molecule has 2 rings (SSSR count). The van der Waals surface area contributed by atoms with Gasteiger partial charge < -0.3 is 5.32 Å². The monoisotopic (exact) mass is 207 g/mol. The Balaban J connectivity index is 2.32. The van der Waals surface area contributed by atoms with Gasteiger partial charge in [0.15, 0.2) is 0 Å². The number of hydrogen-bond donors (Lipinski definition) is 1. The SMILES string of the molecule is CCCCC1(n2ncccc2=O)NC1=O. The minimum Gasteiger partial charge on any atom is -0.320 e. The Morgan fingerprint density at radius 2 is 2.27 bits per heavy atom. The van der Waals surface area contributed by atoms with Gasteiger partial charge in [0.25, 0.3) is 11.5 Å². The van der Waals surface area contributed by atoms with Crippen LogP contribution in [0.25, 0.3) is 0 Å². The topological polar surface area (TPSA) is 73.9 Å². The molecule has 5 heteroatoms. The Hall–Kier alpha value is -1.65. The molecule has 0 saturated carbocycles. The van der Waals surface area contributed by atoms with Crippen LogP contribution >= 0.6 is 0 Å². The fourth-order valence-electron chi connectivity index (χ4n) is 1.66. The second-order valence-corrected chi connectivity index (χ2v) is 3.69. The van der Waals surface area contributed by atoms with E-state index in [0.29, 0.717) is 6.42 Å². The van der Waals surface area contributed by atoms with Crippen LogP contribution in [0.5, 0.6) is 0 Å². The van der Waals surface area contributed by atoms with E-state index < -0.39 is 5.66 Å². The van der Waals surface area contributed by atoms with Gasteiger partial charge in [0.2, 0.25) is 5.66 Å². The molecule has 1 aliphatic heterocycles. The molecule has 0 radical (unpaired) electrons. The molecule has 1 unspecified atom stereocenters.